The normalized spacial score (nSPS) is 21.4. The van der Waals surface area contributed by atoms with Crippen molar-refractivity contribution in [2.45, 2.75) is 18.9 Å². The standard InChI is InChI=1S/C12H14N6O2/c13-11-10-12(15-5-14-11)18(6-16-10)8-2-1-7(3-8)4-9(19)17-20/h1-2,5-8,20H,3-4H2,(H,17,19)(H2,13,14,15)/t7-,8-/m0/s1. The Bertz CT molecular complexity index is 680. The summed E-state index contributed by atoms with van der Waals surface area (Å²) < 4.78 is 1.92. The smallest absolute Gasteiger partial charge is 0.243 e. The van der Waals surface area contributed by atoms with Crippen molar-refractivity contribution in [1.29, 1.82) is 0 Å². The zero-order valence-electron chi connectivity index (χ0n) is 10.6. The van der Waals surface area contributed by atoms with Crippen LogP contribution in [0.3, 0.4) is 0 Å². The molecule has 0 bridgehead atoms. The Hall–Kier alpha value is -2.48. The molecule has 2 aromatic heterocycles. The number of hydroxylamine groups is 1. The van der Waals surface area contributed by atoms with Crippen molar-refractivity contribution in [1.82, 2.24) is 25.0 Å². The van der Waals surface area contributed by atoms with Gasteiger partial charge in [0.15, 0.2) is 11.5 Å². The molecule has 0 saturated carbocycles. The van der Waals surface area contributed by atoms with Gasteiger partial charge in [0.2, 0.25) is 5.91 Å². The Balaban J connectivity index is 1.82. The number of imidazole rings is 1. The average Bonchev–Trinajstić information content (AvgIpc) is 3.05. The summed E-state index contributed by atoms with van der Waals surface area (Å²) in [5, 5.41) is 8.55. The molecule has 0 radical (unpaired) electrons. The third kappa shape index (κ3) is 2.10. The van der Waals surface area contributed by atoms with Crippen molar-refractivity contribution in [3.63, 3.8) is 0 Å². The molecule has 20 heavy (non-hydrogen) atoms. The highest BCUT2D eigenvalue weighted by atomic mass is 16.5. The lowest BCUT2D eigenvalue weighted by Crippen LogP contribution is -2.21. The molecule has 1 aliphatic rings. The van der Waals surface area contributed by atoms with Crippen molar-refractivity contribution >= 4 is 22.9 Å². The number of nitrogens with zero attached hydrogens (tertiary/aromatic N) is 4. The summed E-state index contributed by atoms with van der Waals surface area (Å²) in [6.07, 6.45) is 8.07. The minimum absolute atomic E-state index is 0.0748. The third-order valence-corrected chi connectivity index (χ3v) is 3.47. The van der Waals surface area contributed by atoms with Gasteiger partial charge in [0.05, 0.1) is 12.4 Å². The van der Waals surface area contributed by atoms with Gasteiger partial charge < -0.3 is 10.3 Å². The number of allylic oxidation sites excluding steroid dienone is 2. The van der Waals surface area contributed by atoms with Gasteiger partial charge in [0.25, 0.3) is 0 Å². The van der Waals surface area contributed by atoms with Crippen LogP contribution in [0.5, 0.6) is 0 Å². The summed E-state index contributed by atoms with van der Waals surface area (Å²) in [6, 6.07) is 0.0748. The monoisotopic (exact) mass is 274 g/mol. The number of amides is 1. The Morgan fingerprint density at radius 2 is 2.30 bits per heavy atom. The summed E-state index contributed by atoms with van der Waals surface area (Å²) in [4.78, 5) is 23.5. The highest BCUT2D eigenvalue weighted by Crippen LogP contribution is 2.32. The second kappa shape index (κ2) is 4.89. The van der Waals surface area contributed by atoms with Gasteiger partial charge in [-0.2, -0.15) is 0 Å². The molecule has 4 N–H and O–H groups in total. The zero-order valence-corrected chi connectivity index (χ0v) is 10.6. The number of nitrogens with two attached hydrogens (primary N) is 1. The number of rotatable bonds is 3. The fourth-order valence-electron chi connectivity index (χ4n) is 2.51. The predicted octanol–water partition coefficient (Wildman–Crippen LogP) is 0.421. The van der Waals surface area contributed by atoms with Gasteiger partial charge in [-0.05, 0) is 12.3 Å². The molecule has 8 nitrogen and oxygen atoms in total. The van der Waals surface area contributed by atoms with Gasteiger partial charge in [-0.1, -0.05) is 12.2 Å². The number of nitrogen functional groups attached to an aromatic ring is 1. The maximum Gasteiger partial charge on any atom is 0.243 e. The van der Waals surface area contributed by atoms with E-state index in [0.717, 1.165) is 6.42 Å². The predicted molar refractivity (Wildman–Crippen MR) is 70.6 cm³/mol. The number of carbonyl (C=O) groups excluding carboxylic acids is 1. The molecule has 2 atom stereocenters. The Morgan fingerprint density at radius 3 is 3.10 bits per heavy atom. The van der Waals surface area contributed by atoms with Crippen LogP contribution < -0.4 is 11.2 Å². The topological polar surface area (TPSA) is 119 Å². The summed E-state index contributed by atoms with van der Waals surface area (Å²) in [6.45, 7) is 0. The molecule has 3 rings (SSSR count). The molecule has 1 aliphatic carbocycles. The van der Waals surface area contributed by atoms with Gasteiger partial charge >= 0.3 is 0 Å². The molecule has 104 valence electrons. The van der Waals surface area contributed by atoms with Crippen molar-refractivity contribution < 1.29 is 10.0 Å². The molecule has 0 spiro atoms. The van der Waals surface area contributed by atoms with Crippen molar-refractivity contribution in [2.24, 2.45) is 5.92 Å². The highest BCUT2D eigenvalue weighted by molar-refractivity contribution is 5.81. The quantitative estimate of drug-likeness (QED) is 0.424. The SMILES string of the molecule is Nc1ncnc2c1ncn2[C@H]1C=C[C@H](CC(=O)NO)C1. The summed E-state index contributed by atoms with van der Waals surface area (Å²) in [7, 11) is 0. The number of hydrogen-bond acceptors (Lipinski definition) is 6. The molecule has 0 unspecified atom stereocenters. The van der Waals surface area contributed by atoms with E-state index in [9.17, 15) is 4.79 Å². The summed E-state index contributed by atoms with van der Waals surface area (Å²) in [5.74, 6) is 0.0538. The second-order valence-electron chi connectivity index (χ2n) is 4.77. The molecule has 0 saturated heterocycles. The largest absolute Gasteiger partial charge is 0.382 e. The van der Waals surface area contributed by atoms with E-state index in [4.69, 9.17) is 10.9 Å². The van der Waals surface area contributed by atoms with Gasteiger partial charge in [-0.3, -0.25) is 10.0 Å². The molecular weight excluding hydrogens is 260 g/mol. The first-order chi connectivity index (χ1) is 9.69. The summed E-state index contributed by atoms with van der Waals surface area (Å²) >= 11 is 0. The molecule has 0 fully saturated rings. The first-order valence-corrected chi connectivity index (χ1v) is 6.23. The summed E-state index contributed by atoms with van der Waals surface area (Å²) in [5.41, 5.74) is 8.66. The number of hydrogen-bond donors (Lipinski definition) is 3. The Labute approximate surface area is 114 Å². The number of nitrogens with one attached hydrogen (secondary N) is 1. The average molecular weight is 274 g/mol. The molecule has 1 amide bonds. The van der Waals surface area contributed by atoms with E-state index in [-0.39, 0.29) is 24.3 Å². The molecule has 2 heterocycles. The van der Waals surface area contributed by atoms with Crippen LogP contribution in [-0.4, -0.2) is 30.6 Å². The first-order valence-electron chi connectivity index (χ1n) is 6.23. The van der Waals surface area contributed by atoms with E-state index in [0.29, 0.717) is 17.0 Å². The van der Waals surface area contributed by atoms with E-state index in [1.807, 2.05) is 16.7 Å². The lowest BCUT2D eigenvalue weighted by Gasteiger charge is -2.13. The number of fused-ring (bicyclic) bond motifs is 1. The number of aromatic nitrogens is 4. The Kier molecular flexibility index (Phi) is 3.07. The fraction of sp³-hybridized carbons (Fsp3) is 0.333. The maximum absolute atomic E-state index is 11.2. The van der Waals surface area contributed by atoms with Crippen LogP contribution in [0.2, 0.25) is 0 Å². The van der Waals surface area contributed by atoms with E-state index >= 15 is 0 Å². The van der Waals surface area contributed by atoms with Crippen molar-refractivity contribution in [3.05, 3.63) is 24.8 Å². The highest BCUT2D eigenvalue weighted by Gasteiger charge is 2.24. The minimum atomic E-state index is -0.387. The van der Waals surface area contributed by atoms with Crippen LogP contribution >= 0.6 is 0 Å². The third-order valence-electron chi connectivity index (χ3n) is 3.47. The van der Waals surface area contributed by atoms with Gasteiger partial charge in [-0.25, -0.2) is 20.4 Å². The van der Waals surface area contributed by atoms with E-state index in [2.05, 4.69) is 15.0 Å². The second-order valence-corrected chi connectivity index (χ2v) is 4.77. The van der Waals surface area contributed by atoms with Crippen LogP contribution in [0.25, 0.3) is 11.2 Å². The van der Waals surface area contributed by atoms with E-state index < -0.39 is 0 Å². The van der Waals surface area contributed by atoms with Crippen LogP contribution in [0.1, 0.15) is 18.9 Å². The molecule has 0 aliphatic heterocycles. The minimum Gasteiger partial charge on any atom is -0.382 e. The lowest BCUT2D eigenvalue weighted by molar-refractivity contribution is -0.129. The molecule has 8 heteroatoms. The van der Waals surface area contributed by atoms with E-state index in [1.54, 1.807) is 11.8 Å². The molecule has 2 aromatic rings. The number of carbonyl (C=O) groups is 1. The van der Waals surface area contributed by atoms with Gasteiger partial charge in [0, 0.05) is 6.42 Å². The van der Waals surface area contributed by atoms with Gasteiger partial charge in [0.1, 0.15) is 11.8 Å². The van der Waals surface area contributed by atoms with Crippen LogP contribution in [0.15, 0.2) is 24.8 Å². The molecule has 0 aromatic carbocycles. The molecular formula is C12H14N6O2. The Morgan fingerprint density at radius 1 is 1.45 bits per heavy atom. The fourth-order valence-corrected chi connectivity index (χ4v) is 2.51. The first kappa shape index (κ1) is 12.5. The van der Waals surface area contributed by atoms with Crippen molar-refractivity contribution in [3.8, 4) is 0 Å². The van der Waals surface area contributed by atoms with Crippen LogP contribution in [0.4, 0.5) is 5.82 Å². The van der Waals surface area contributed by atoms with Gasteiger partial charge in [-0.15, -0.1) is 0 Å². The van der Waals surface area contributed by atoms with E-state index in [1.165, 1.54) is 6.33 Å². The maximum atomic E-state index is 11.2. The lowest BCUT2D eigenvalue weighted by atomic mass is 10.0. The van der Waals surface area contributed by atoms with Crippen LogP contribution in [0, 0.1) is 5.92 Å². The van der Waals surface area contributed by atoms with Crippen LogP contribution in [-0.2, 0) is 4.79 Å². The zero-order chi connectivity index (χ0) is 14.1. The number of anilines is 1. The van der Waals surface area contributed by atoms with Crippen molar-refractivity contribution in [2.75, 3.05) is 5.73 Å².